The van der Waals surface area contributed by atoms with E-state index >= 15 is 0 Å². The number of aryl methyl sites for hydroxylation is 1. The summed E-state index contributed by atoms with van der Waals surface area (Å²) in [6, 6.07) is 8.14. The van der Waals surface area contributed by atoms with E-state index < -0.39 is 0 Å². The van der Waals surface area contributed by atoms with Crippen LogP contribution in [0.2, 0.25) is 0 Å². The topological polar surface area (TPSA) is 17.1 Å². The molecule has 1 nitrogen and oxygen atoms in total. The fraction of sp³-hybridized carbons (Fsp3) is 0.154. The van der Waals surface area contributed by atoms with Crippen molar-refractivity contribution in [2.24, 2.45) is 0 Å². The summed E-state index contributed by atoms with van der Waals surface area (Å²) < 4.78 is 0. The van der Waals surface area contributed by atoms with Gasteiger partial charge in [-0.15, -0.1) is 11.3 Å². The monoisotopic (exact) mass is 216 g/mol. The zero-order chi connectivity index (χ0) is 10.8. The van der Waals surface area contributed by atoms with Crippen LogP contribution in [0.3, 0.4) is 0 Å². The van der Waals surface area contributed by atoms with Crippen LogP contribution in [0.25, 0.3) is 10.4 Å². The maximum Gasteiger partial charge on any atom is 0.150 e. The van der Waals surface area contributed by atoms with Gasteiger partial charge in [-0.1, -0.05) is 18.2 Å². The van der Waals surface area contributed by atoms with E-state index in [0.29, 0.717) is 0 Å². The first kappa shape index (κ1) is 10.1. The highest BCUT2D eigenvalue weighted by Gasteiger charge is 2.09. The molecule has 0 N–H and O–H groups in total. The number of benzene rings is 1. The van der Waals surface area contributed by atoms with Gasteiger partial charge in [0.05, 0.1) is 0 Å². The van der Waals surface area contributed by atoms with Gasteiger partial charge in [0.1, 0.15) is 0 Å². The molecule has 2 rings (SSSR count). The van der Waals surface area contributed by atoms with Gasteiger partial charge in [-0.2, -0.15) is 0 Å². The Morgan fingerprint density at radius 3 is 2.60 bits per heavy atom. The van der Waals surface area contributed by atoms with Crippen molar-refractivity contribution in [1.82, 2.24) is 0 Å². The number of rotatable bonds is 2. The zero-order valence-electron chi connectivity index (χ0n) is 8.78. The molecule has 76 valence electrons. The summed E-state index contributed by atoms with van der Waals surface area (Å²) in [4.78, 5) is 12.3. The van der Waals surface area contributed by atoms with Crippen molar-refractivity contribution in [3.8, 4) is 10.4 Å². The van der Waals surface area contributed by atoms with Gasteiger partial charge < -0.3 is 0 Å². The van der Waals surface area contributed by atoms with Gasteiger partial charge in [0.15, 0.2) is 6.29 Å². The summed E-state index contributed by atoms with van der Waals surface area (Å²) in [5.41, 5.74) is 4.11. The van der Waals surface area contributed by atoms with E-state index in [1.54, 1.807) is 11.3 Å². The maximum atomic E-state index is 11.1. The molecule has 0 atom stereocenters. The fourth-order valence-electron chi connectivity index (χ4n) is 1.64. The van der Waals surface area contributed by atoms with Crippen LogP contribution in [0, 0.1) is 13.8 Å². The number of hydrogen-bond donors (Lipinski definition) is 0. The summed E-state index contributed by atoms with van der Waals surface area (Å²) in [5.74, 6) is 0. The molecule has 0 bridgehead atoms. The van der Waals surface area contributed by atoms with Crippen LogP contribution in [-0.4, -0.2) is 6.29 Å². The van der Waals surface area contributed by atoms with Gasteiger partial charge >= 0.3 is 0 Å². The fourth-order valence-corrected chi connectivity index (χ4v) is 2.40. The average molecular weight is 216 g/mol. The maximum absolute atomic E-state index is 11.1. The molecule has 0 spiro atoms. The first-order valence-corrected chi connectivity index (χ1v) is 5.71. The number of hydrogen-bond acceptors (Lipinski definition) is 2. The lowest BCUT2D eigenvalue weighted by Crippen LogP contribution is -1.93. The Labute approximate surface area is 93.4 Å². The first-order valence-electron chi connectivity index (χ1n) is 4.83. The third-order valence-corrected chi connectivity index (χ3v) is 3.59. The molecule has 0 unspecified atom stereocenters. The highest BCUT2D eigenvalue weighted by Crippen LogP contribution is 2.30. The summed E-state index contributed by atoms with van der Waals surface area (Å²) in [7, 11) is 0. The van der Waals surface area contributed by atoms with Crippen LogP contribution < -0.4 is 0 Å². The quantitative estimate of drug-likeness (QED) is 0.697. The van der Waals surface area contributed by atoms with Crippen molar-refractivity contribution in [3.05, 3.63) is 46.3 Å². The summed E-state index contributed by atoms with van der Waals surface area (Å²) in [5, 5.41) is 2.03. The van der Waals surface area contributed by atoms with Gasteiger partial charge in [-0.25, -0.2) is 0 Å². The second kappa shape index (κ2) is 3.99. The molecule has 0 saturated carbocycles. The minimum atomic E-state index is 0.817. The van der Waals surface area contributed by atoms with Gasteiger partial charge in [-0.3, -0.25) is 4.79 Å². The third-order valence-electron chi connectivity index (χ3n) is 2.69. The van der Waals surface area contributed by atoms with Crippen molar-refractivity contribution in [2.45, 2.75) is 13.8 Å². The lowest BCUT2D eigenvalue weighted by molar-refractivity contribution is 0.112. The predicted molar refractivity (Wildman–Crippen MR) is 64.6 cm³/mol. The van der Waals surface area contributed by atoms with Crippen molar-refractivity contribution in [1.29, 1.82) is 0 Å². The SMILES string of the molecule is Cc1ccc(-c2cccs2)c(C=O)c1C. The largest absolute Gasteiger partial charge is 0.298 e. The van der Waals surface area contributed by atoms with Gasteiger partial charge in [0.2, 0.25) is 0 Å². The molecule has 1 aromatic carbocycles. The Kier molecular flexibility index (Phi) is 2.69. The van der Waals surface area contributed by atoms with E-state index in [-0.39, 0.29) is 0 Å². The number of aldehydes is 1. The van der Waals surface area contributed by atoms with Gasteiger partial charge in [0, 0.05) is 16.0 Å². The number of carbonyl (C=O) groups excluding carboxylic acids is 1. The van der Waals surface area contributed by atoms with Crippen molar-refractivity contribution >= 4 is 17.6 Å². The molecule has 1 aromatic heterocycles. The van der Waals surface area contributed by atoms with E-state index in [1.807, 2.05) is 37.4 Å². The Morgan fingerprint density at radius 1 is 1.20 bits per heavy atom. The van der Waals surface area contributed by atoms with E-state index in [9.17, 15) is 4.79 Å². The van der Waals surface area contributed by atoms with Gasteiger partial charge in [-0.05, 0) is 36.4 Å². The molecular weight excluding hydrogens is 204 g/mol. The van der Waals surface area contributed by atoms with Crippen LogP contribution in [0.5, 0.6) is 0 Å². The number of thiophene rings is 1. The molecule has 0 aliphatic heterocycles. The van der Waals surface area contributed by atoms with Gasteiger partial charge in [0.25, 0.3) is 0 Å². The van der Waals surface area contributed by atoms with Crippen LogP contribution >= 0.6 is 11.3 Å². The van der Waals surface area contributed by atoms with Crippen molar-refractivity contribution in [3.63, 3.8) is 0 Å². The van der Waals surface area contributed by atoms with E-state index in [0.717, 1.165) is 33.4 Å². The smallest absolute Gasteiger partial charge is 0.150 e. The Hall–Kier alpha value is -1.41. The van der Waals surface area contributed by atoms with Crippen molar-refractivity contribution in [2.75, 3.05) is 0 Å². The molecule has 0 radical (unpaired) electrons. The molecule has 2 aromatic rings. The minimum Gasteiger partial charge on any atom is -0.298 e. The van der Waals surface area contributed by atoms with Crippen LogP contribution in [-0.2, 0) is 0 Å². The van der Waals surface area contributed by atoms with E-state index in [1.165, 1.54) is 0 Å². The molecule has 15 heavy (non-hydrogen) atoms. The molecule has 0 aliphatic rings. The lowest BCUT2D eigenvalue weighted by atomic mass is 9.98. The minimum absolute atomic E-state index is 0.817. The predicted octanol–water partition coefficient (Wildman–Crippen LogP) is 3.84. The van der Waals surface area contributed by atoms with E-state index in [4.69, 9.17) is 0 Å². The molecule has 2 heteroatoms. The average Bonchev–Trinajstić information content (AvgIpc) is 2.75. The molecule has 0 amide bonds. The second-order valence-corrected chi connectivity index (χ2v) is 4.51. The first-order chi connectivity index (χ1) is 7.24. The normalized spacial score (nSPS) is 10.3. The van der Waals surface area contributed by atoms with E-state index in [2.05, 4.69) is 6.07 Å². The van der Waals surface area contributed by atoms with Crippen LogP contribution in [0.15, 0.2) is 29.6 Å². The molecular formula is C13H12OS. The standard InChI is InChI=1S/C13H12OS/c1-9-5-6-11(12(8-14)10(9)2)13-4-3-7-15-13/h3-8H,1-2H3. The molecule has 0 aliphatic carbocycles. The molecule has 0 fully saturated rings. The Balaban J connectivity index is 2.68. The van der Waals surface area contributed by atoms with Crippen molar-refractivity contribution < 1.29 is 4.79 Å². The summed E-state index contributed by atoms with van der Waals surface area (Å²) in [6.07, 6.45) is 0.956. The highest BCUT2D eigenvalue weighted by atomic mass is 32.1. The molecule has 0 saturated heterocycles. The van der Waals surface area contributed by atoms with Crippen LogP contribution in [0.4, 0.5) is 0 Å². The van der Waals surface area contributed by atoms with Crippen LogP contribution in [0.1, 0.15) is 21.5 Å². The highest BCUT2D eigenvalue weighted by molar-refractivity contribution is 7.13. The lowest BCUT2D eigenvalue weighted by Gasteiger charge is -2.08. The number of carbonyl (C=O) groups is 1. The summed E-state index contributed by atoms with van der Waals surface area (Å²) >= 11 is 1.66. The third kappa shape index (κ3) is 1.73. The Bertz CT molecular complexity index is 483. The second-order valence-electron chi connectivity index (χ2n) is 3.56. The molecule has 1 heterocycles. The Morgan fingerprint density at radius 2 is 2.00 bits per heavy atom. The summed E-state index contributed by atoms with van der Waals surface area (Å²) in [6.45, 7) is 4.02. The zero-order valence-corrected chi connectivity index (χ0v) is 9.60.